The summed E-state index contributed by atoms with van der Waals surface area (Å²) in [4.78, 5) is 7.03. The molecule has 2 heterocycles. The second-order valence-corrected chi connectivity index (χ2v) is 7.22. The summed E-state index contributed by atoms with van der Waals surface area (Å²) in [6.45, 7) is 11.3. The Morgan fingerprint density at radius 2 is 2.00 bits per heavy atom. The van der Waals surface area contributed by atoms with E-state index in [2.05, 4.69) is 42.8 Å². The number of pyridine rings is 1. The average Bonchev–Trinajstić information content (AvgIpc) is 2.64. The van der Waals surface area contributed by atoms with Crippen molar-refractivity contribution >= 4 is 5.82 Å². The molecule has 1 saturated heterocycles. The van der Waals surface area contributed by atoms with Crippen LogP contribution in [0.5, 0.6) is 0 Å². The highest BCUT2D eigenvalue weighted by molar-refractivity contribution is 5.39. The maximum absolute atomic E-state index is 5.88. The Labute approximate surface area is 123 Å². The van der Waals surface area contributed by atoms with E-state index >= 15 is 0 Å². The smallest absolute Gasteiger partial charge is 0.128 e. The number of aromatic nitrogens is 1. The molecule has 0 bridgehead atoms. The molecule has 1 aliphatic rings. The van der Waals surface area contributed by atoms with Crippen LogP contribution < -0.4 is 10.6 Å². The molecule has 1 aromatic heterocycles. The van der Waals surface area contributed by atoms with Crippen LogP contribution in [0.4, 0.5) is 5.82 Å². The third-order valence-electron chi connectivity index (χ3n) is 4.57. The van der Waals surface area contributed by atoms with Crippen molar-refractivity contribution in [1.29, 1.82) is 0 Å². The average molecular weight is 275 g/mol. The standard InChI is InChI=1S/C17H29N3/c1-13(18)14-7-8-16(19-12-14)20-10-5-6-15(9-11-20)17(2,3)4/h7-8,12-13,15H,5-6,9-11,18H2,1-4H3/t13-,15?/m0/s1. The van der Waals surface area contributed by atoms with Crippen LogP contribution in [0.1, 0.15) is 58.6 Å². The van der Waals surface area contributed by atoms with Gasteiger partial charge in [-0.1, -0.05) is 26.8 Å². The maximum Gasteiger partial charge on any atom is 0.128 e. The fourth-order valence-corrected chi connectivity index (χ4v) is 3.05. The molecule has 0 spiro atoms. The molecule has 2 atom stereocenters. The first-order chi connectivity index (χ1) is 9.38. The second kappa shape index (κ2) is 6.13. The number of nitrogens with zero attached hydrogens (tertiary/aromatic N) is 2. The summed E-state index contributed by atoms with van der Waals surface area (Å²) in [5.74, 6) is 1.92. The fourth-order valence-electron chi connectivity index (χ4n) is 3.05. The summed E-state index contributed by atoms with van der Waals surface area (Å²) >= 11 is 0. The molecule has 0 saturated carbocycles. The minimum Gasteiger partial charge on any atom is -0.357 e. The minimum absolute atomic E-state index is 0.0611. The first-order valence-electron chi connectivity index (χ1n) is 7.84. The summed E-state index contributed by atoms with van der Waals surface area (Å²) in [5.41, 5.74) is 7.41. The van der Waals surface area contributed by atoms with Crippen LogP contribution in [0.15, 0.2) is 18.3 Å². The van der Waals surface area contributed by atoms with Crippen molar-refractivity contribution in [2.24, 2.45) is 17.1 Å². The van der Waals surface area contributed by atoms with Gasteiger partial charge in [-0.15, -0.1) is 0 Å². The maximum atomic E-state index is 5.88. The molecule has 2 N–H and O–H groups in total. The largest absolute Gasteiger partial charge is 0.357 e. The van der Waals surface area contributed by atoms with Gasteiger partial charge < -0.3 is 10.6 Å². The van der Waals surface area contributed by atoms with E-state index in [-0.39, 0.29) is 6.04 Å². The zero-order valence-electron chi connectivity index (χ0n) is 13.4. The fraction of sp³-hybridized carbons (Fsp3) is 0.706. The van der Waals surface area contributed by atoms with Crippen LogP contribution >= 0.6 is 0 Å². The Morgan fingerprint density at radius 3 is 2.55 bits per heavy atom. The lowest BCUT2D eigenvalue weighted by molar-refractivity contribution is 0.220. The number of hydrogen-bond donors (Lipinski definition) is 1. The molecule has 1 aromatic rings. The third-order valence-corrected chi connectivity index (χ3v) is 4.57. The lowest BCUT2D eigenvalue weighted by Crippen LogP contribution is -2.26. The quantitative estimate of drug-likeness (QED) is 0.893. The Bertz CT molecular complexity index is 417. The molecule has 2 rings (SSSR count). The zero-order chi connectivity index (χ0) is 14.8. The number of anilines is 1. The van der Waals surface area contributed by atoms with Crippen molar-refractivity contribution < 1.29 is 0 Å². The van der Waals surface area contributed by atoms with E-state index in [9.17, 15) is 0 Å². The molecular formula is C17H29N3. The lowest BCUT2D eigenvalue weighted by Gasteiger charge is -2.30. The summed E-state index contributed by atoms with van der Waals surface area (Å²) in [7, 11) is 0. The Hall–Kier alpha value is -1.09. The molecule has 1 unspecified atom stereocenters. The van der Waals surface area contributed by atoms with Gasteiger partial charge in [0.05, 0.1) is 0 Å². The van der Waals surface area contributed by atoms with E-state index in [0.717, 1.165) is 30.4 Å². The minimum atomic E-state index is 0.0611. The summed E-state index contributed by atoms with van der Waals surface area (Å²) < 4.78 is 0. The summed E-state index contributed by atoms with van der Waals surface area (Å²) in [5, 5.41) is 0. The third kappa shape index (κ3) is 3.72. The predicted octanol–water partition coefficient (Wildman–Crippen LogP) is 3.75. The van der Waals surface area contributed by atoms with Crippen molar-refractivity contribution in [3.05, 3.63) is 23.9 Å². The predicted molar refractivity (Wildman–Crippen MR) is 85.8 cm³/mol. The summed E-state index contributed by atoms with van der Waals surface area (Å²) in [6.07, 6.45) is 5.78. The van der Waals surface area contributed by atoms with Gasteiger partial charge in [-0.25, -0.2) is 4.98 Å². The molecule has 1 fully saturated rings. The van der Waals surface area contributed by atoms with Crippen molar-refractivity contribution in [1.82, 2.24) is 4.98 Å². The molecule has 3 heteroatoms. The molecule has 20 heavy (non-hydrogen) atoms. The highest BCUT2D eigenvalue weighted by Gasteiger charge is 2.27. The van der Waals surface area contributed by atoms with Gasteiger partial charge in [-0.3, -0.25) is 0 Å². The monoisotopic (exact) mass is 275 g/mol. The normalized spacial score (nSPS) is 22.4. The lowest BCUT2D eigenvalue weighted by atomic mass is 9.77. The van der Waals surface area contributed by atoms with E-state index in [1.807, 2.05) is 13.1 Å². The van der Waals surface area contributed by atoms with E-state index < -0.39 is 0 Å². The van der Waals surface area contributed by atoms with E-state index in [1.165, 1.54) is 19.3 Å². The van der Waals surface area contributed by atoms with Crippen molar-refractivity contribution in [3.8, 4) is 0 Å². The van der Waals surface area contributed by atoms with Gasteiger partial charge in [0.25, 0.3) is 0 Å². The molecule has 1 aliphatic heterocycles. The van der Waals surface area contributed by atoms with Crippen LogP contribution in [0.3, 0.4) is 0 Å². The zero-order valence-corrected chi connectivity index (χ0v) is 13.4. The Balaban J connectivity index is 2.03. The van der Waals surface area contributed by atoms with Gasteiger partial charge in [0, 0.05) is 25.3 Å². The number of hydrogen-bond acceptors (Lipinski definition) is 3. The summed E-state index contributed by atoms with van der Waals surface area (Å²) in [6, 6.07) is 4.29. The highest BCUT2D eigenvalue weighted by Crippen LogP contribution is 2.34. The van der Waals surface area contributed by atoms with Crippen LogP contribution in [0.25, 0.3) is 0 Å². The molecule has 0 aromatic carbocycles. The van der Waals surface area contributed by atoms with E-state index in [4.69, 9.17) is 5.73 Å². The van der Waals surface area contributed by atoms with Gasteiger partial charge in [0.2, 0.25) is 0 Å². The molecule has 0 aliphatic carbocycles. The van der Waals surface area contributed by atoms with Gasteiger partial charge in [-0.2, -0.15) is 0 Å². The van der Waals surface area contributed by atoms with Gasteiger partial charge in [-0.05, 0) is 49.1 Å². The van der Waals surface area contributed by atoms with Crippen LogP contribution in [-0.2, 0) is 0 Å². The van der Waals surface area contributed by atoms with E-state index in [0.29, 0.717) is 5.41 Å². The van der Waals surface area contributed by atoms with Gasteiger partial charge in [0.1, 0.15) is 5.82 Å². The molecule has 0 radical (unpaired) electrons. The molecule has 112 valence electrons. The van der Waals surface area contributed by atoms with Crippen LogP contribution in [0, 0.1) is 11.3 Å². The van der Waals surface area contributed by atoms with Gasteiger partial charge >= 0.3 is 0 Å². The highest BCUT2D eigenvalue weighted by atomic mass is 15.2. The van der Waals surface area contributed by atoms with E-state index in [1.54, 1.807) is 0 Å². The Morgan fingerprint density at radius 1 is 1.25 bits per heavy atom. The molecule has 0 amide bonds. The first-order valence-corrected chi connectivity index (χ1v) is 7.84. The number of rotatable bonds is 2. The number of nitrogens with two attached hydrogens (primary N) is 1. The van der Waals surface area contributed by atoms with Crippen molar-refractivity contribution in [3.63, 3.8) is 0 Å². The van der Waals surface area contributed by atoms with Crippen LogP contribution in [-0.4, -0.2) is 18.1 Å². The molecule has 3 nitrogen and oxygen atoms in total. The van der Waals surface area contributed by atoms with Crippen LogP contribution in [0.2, 0.25) is 0 Å². The van der Waals surface area contributed by atoms with Crippen molar-refractivity contribution in [2.75, 3.05) is 18.0 Å². The Kier molecular flexibility index (Phi) is 4.69. The van der Waals surface area contributed by atoms with Gasteiger partial charge in [0.15, 0.2) is 0 Å². The first kappa shape index (κ1) is 15.3. The SMILES string of the molecule is C[C@H](N)c1ccc(N2CCCC(C(C)(C)C)CC2)nc1. The molecular weight excluding hydrogens is 246 g/mol. The topological polar surface area (TPSA) is 42.1 Å². The van der Waals surface area contributed by atoms with Crippen molar-refractivity contribution in [2.45, 2.75) is 53.0 Å². The second-order valence-electron chi connectivity index (χ2n) is 7.22.